The zero-order valence-electron chi connectivity index (χ0n) is 9.85. The molecule has 14 heavy (non-hydrogen) atoms. The molecule has 1 aliphatic heterocycles. The number of rotatable bonds is 8. The van der Waals surface area contributed by atoms with Gasteiger partial charge in [0.1, 0.15) is 0 Å². The van der Waals surface area contributed by atoms with Gasteiger partial charge in [0.15, 0.2) is 0 Å². The molecule has 0 aromatic rings. The van der Waals surface area contributed by atoms with E-state index in [9.17, 15) is 0 Å². The Balaban J connectivity index is 1.72. The molecule has 1 saturated heterocycles. The van der Waals surface area contributed by atoms with Crippen LogP contribution in [0.15, 0.2) is 0 Å². The van der Waals surface area contributed by atoms with Crippen LogP contribution in [0.3, 0.4) is 0 Å². The lowest BCUT2D eigenvalue weighted by molar-refractivity contribution is -0.0368. The van der Waals surface area contributed by atoms with Gasteiger partial charge in [-0.15, -0.1) is 0 Å². The van der Waals surface area contributed by atoms with Gasteiger partial charge >= 0.3 is 0 Å². The second-order valence-electron chi connectivity index (χ2n) is 4.54. The van der Waals surface area contributed by atoms with E-state index >= 15 is 0 Å². The molecular formula is C13H25O. The summed E-state index contributed by atoms with van der Waals surface area (Å²) in [5.41, 5.74) is 0. The van der Waals surface area contributed by atoms with Gasteiger partial charge in [-0.25, -0.2) is 0 Å². The van der Waals surface area contributed by atoms with Crippen LogP contribution in [0.5, 0.6) is 0 Å². The molecule has 0 amide bonds. The lowest BCUT2D eigenvalue weighted by atomic mass is 9.99. The highest BCUT2D eigenvalue weighted by Gasteiger charge is 2.26. The molecule has 1 heteroatoms. The van der Waals surface area contributed by atoms with Crippen molar-refractivity contribution in [2.24, 2.45) is 0 Å². The predicted octanol–water partition coefficient (Wildman–Crippen LogP) is 4.47. The Morgan fingerprint density at radius 3 is 2.21 bits per heavy atom. The number of hydrogen-bond acceptors (Lipinski definition) is 1. The standard InChI is InChI=1S/C13H25O/c1-3-4-5-6-7-8-9-10-13-11-12(2)14-13/h12H,3-11H2,1-2H3. The molecule has 0 aromatic carbocycles. The third-order valence-corrected chi connectivity index (χ3v) is 2.94. The van der Waals surface area contributed by atoms with Gasteiger partial charge in [0, 0.05) is 6.42 Å². The van der Waals surface area contributed by atoms with E-state index < -0.39 is 0 Å². The van der Waals surface area contributed by atoms with Crippen molar-refractivity contribution in [3.05, 3.63) is 6.10 Å². The first-order chi connectivity index (χ1) is 6.83. The number of unbranched alkanes of at least 4 members (excludes halogenated alkanes) is 6. The van der Waals surface area contributed by atoms with Gasteiger partial charge in [-0.2, -0.15) is 0 Å². The fraction of sp³-hybridized carbons (Fsp3) is 0.923. The maximum atomic E-state index is 5.50. The fourth-order valence-corrected chi connectivity index (χ4v) is 2.04. The van der Waals surface area contributed by atoms with E-state index in [2.05, 4.69) is 13.8 Å². The predicted molar refractivity (Wildman–Crippen MR) is 61.0 cm³/mol. The monoisotopic (exact) mass is 197 g/mol. The molecule has 1 radical (unpaired) electrons. The third-order valence-electron chi connectivity index (χ3n) is 2.94. The van der Waals surface area contributed by atoms with Gasteiger partial charge in [0.05, 0.1) is 12.2 Å². The van der Waals surface area contributed by atoms with Crippen molar-refractivity contribution in [1.29, 1.82) is 0 Å². The average Bonchev–Trinajstić information content (AvgIpc) is 2.13. The summed E-state index contributed by atoms with van der Waals surface area (Å²) < 4.78 is 5.50. The first-order valence-electron chi connectivity index (χ1n) is 6.34. The third kappa shape index (κ3) is 4.99. The van der Waals surface area contributed by atoms with Crippen molar-refractivity contribution >= 4 is 0 Å². The summed E-state index contributed by atoms with van der Waals surface area (Å²) in [6, 6.07) is 0. The summed E-state index contributed by atoms with van der Waals surface area (Å²) in [4.78, 5) is 0. The number of ether oxygens (including phenoxy) is 1. The molecule has 0 saturated carbocycles. The van der Waals surface area contributed by atoms with Crippen molar-refractivity contribution in [3.8, 4) is 0 Å². The molecule has 1 nitrogen and oxygen atoms in total. The molecule has 1 fully saturated rings. The van der Waals surface area contributed by atoms with Crippen molar-refractivity contribution < 1.29 is 4.74 Å². The minimum atomic E-state index is 0.509. The molecule has 1 aliphatic rings. The normalized spacial score (nSPS) is 22.3. The lowest BCUT2D eigenvalue weighted by Crippen LogP contribution is -2.27. The Morgan fingerprint density at radius 1 is 1.07 bits per heavy atom. The molecule has 83 valence electrons. The van der Waals surface area contributed by atoms with Crippen LogP contribution in [0.4, 0.5) is 0 Å². The first kappa shape index (κ1) is 12.0. The molecular weight excluding hydrogens is 172 g/mol. The second-order valence-corrected chi connectivity index (χ2v) is 4.54. The van der Waals surface area contributed by atoms with Crippen LogP contribution in [0.1, 0.15) is 71.6 Å². The molecule has 0 aromatic heterocycles. The Hall–Kier alpha value is -0.0400. The van der Waals surface area contributed by atoms with Crippen LogP contribution < -0.4 is 0 Å². The topological polar surface area (TPSA) is 9.23 Å². The zero-order chi connectivity index (χ0) is 10.2. The quantitative estimate of drug-likeness (QED) is 0.522. The minimum absolute atomic E-state index is 0.509. The molecule has 1 unspecified atom stereocenters. The van der Waals surface area contributed by atoms with E-state index in [0.29, 0.717) is 6.10 Å². The van der Waals surface area contributed by atoms with E-state index in [0.717, 1.165) is 0 Å². The van der Waals surface area contributed by atoms with Crippen LogP contribution >= 0.6 is 0 Å². The minimum Gasteiger partial charge on any atom is -0.369 e. The van der Waals surface area contributed by atoms with Gasteiger partial charge in [-0.05, 0) is 13.3 Å². The highest BCUT2D eigenvalue weighted by atomic mass is 16.5. The van der Waals surface area contributed by atoms with Crippen LogP contribution in [0.25, 0.3) is 0 Å². The Morgan fingerprint density at radius 2 is 1.64 bits per heavy atom. The Bertz CT molecular complexity index is 127. The molecule has 0 aliphatic carbocycles. The lowest BCUT2D eigenvalue weighted by Gasteiger charge is -2.32. The summed E-state index contributed by atoms with van der Waals surface area (Å²) in [5, 5.41) is 0. The van der Waals surface area contributed by atoms with Crippen LogP contribution in [0, 0.1) is 6.10 Å². The largest absolute Gasteiger partial charge is 0.369 e. The molecule has 0 N–H and O–H groups in total. The van der Waals surface area contributed by atoms with E-state index in [4.69, 9.17) is 4.74 Å². The number of hydrogen-bond donors (Lipinski definition) is 0. The van der Waals surface area contributed by atoms with Gasteiger partial charge in [0.2, 0.25) is 0 Å². The van der Waals surface area contributed by atoms with Crippen LogP contribution in [0.2, 0.25) is 0 Å². The van der Waals surface area contributed by atoms with E-state index in [1.54, 1.807) is 0 Å². The first-order valence-corrected chi connectivity index (χ1v) is 6.34. The highest BCUT2D eigenvalue weighted by Crippen LogP contribution is 2.31. The van der Waals surface area contributed by atoms with Crippen molar-refractivity contribution in [1.82, 2.24) is 0 Å². The van der Waals surface area contributed by atoms with E-state index in [1.807, 2.05) is 0 Å². The molecule has 0 bridgehead atoms. The van der Waals surface area contributed by atoms with Gasteiger partial charge in [-0.1, -0.05) is 51.9 Å². The average molecular weight is 197 g/mol. The summed E-state index contributed by atoms with van der Waals surface area (Å²) >= 11 is 0. The van der Waals surface area contributed by atoms with Crippen molar-refractivity contribution in [2.75, 3.05) is 0 Å². The SMILES string of the molecule is CCCCCCCCC[C]1CC(C)O1. The molecule has 1 heterocycles. The van der Waals surface area contributed by atoms with E-state index in [-0.39, 0.29) is 0 Å². The van der Waals surface area contributed by atoms with Gasteiger partial charge in [0.25, 0.3) is 0 Å². The molecule has 1 atom stereocenters. The smallest absolute Gasteiger partial charge is 0.1000 e. The zero-order valence-corrected chi connectivity index (χ0v) is 9.85. The summed E-state index contributed by atoms with van der Waals surface area (Å²) in [6.07, 6.45) is 14.1. The van der Waals surface area contributed by atoms with Crippen LogP contribution in [-0.2, 0) is 4.74 Å². The molecule has 1 rings (SSSR count). The van der Waals surface area contributed by atoms with Crippen LogP contribution in [-0.4, -0.2) is 6.10 Å². The highest BCUT2D eigenvalue weighted by molar-refractivity contribution is 4.90. The van der Waals surface area contributed by atoms with Gasteiger partial charge < -0.3 is 4.74 Å². The summed E-state index contributed by atoms with van der Waals surface area (Å²) in [6.45, 7) is 4.42. The Kier molecular flexibility index (Phi) is 6.25. The summed E-state index contributed by atoms with van der Waals surface area (Å²) in [7, 11) is 0. The maximum Gasteiger partial charge on any atom is 0.1000 e. The Labute approximate surface area is 89.2 Å². The molecule has 0 spiro atoms. The van der Waals surface area contributed by atoms with Gasteiger partial charge in [-0.3, -0.25) is 0 Å². The fourth-order valence-electron chi connectivity index (χ4n) is 2.04. The van der Waals surface area contributed by atoms with Crippen molar-refractivity contribution in [2.45, 2.75) is 77.7 Å². The second kappa shape index (κ2) is 7.28. The summed E-state index contributed by atoms with van der Waals surface area (Å²) in [5.74, 6) is 0. The van der Waals surface area contributed by atoms with Crippen molar-refractivity contribution in [3.63, 3.8) is 0 Å². The maximum absolute atomic E-state index is 5.50. The van der Waals surface area contributed by atoms with E-state index in [1.165, 1.54) is 63.9 Å².